The molecule has 110 valence electrons. The molecule has 0 fully saturated rings. The molecule has 2 rings (SSSR count). The zero-order chi connectivity index (χ0) is 15.4. The minimum Gasteiger partial charge on any atom is -0.497 e. The lowest BCUT2D eigenvalue weighted by Gasteiger charge is -2.18. The van der Waals surface area contributed by atoms with Crippen LogP contribution in [0.2, 0.25) is 5.15 Å². The third-order valence-corrected chi connectivity index (χ3v) is 3.16. The van der Waals surface area contributed by atoms with Crippen LogP contribution in [0, 0.1) is 10.1 Å². The van der Waals surface area contributed by atoms with Crippen LogP contribution < -0.4 is 9.64 Å². The molecule has 0 aliphatic rings. The Balaban J connectivity index is 2.25. The summed E-state index contributed by atoms with van der Waals surface area (Å²) in [5.41, 5.74) is 0.664. The standard InChI is InChI=1S/C13H13ClN4O3/c1-17(7-9-3-5-10(21-2)6-4-9)13-11(18(19)20)12(14)15-8-16-13/h3-6,8H,7H2,1-2H3. The fourth-order valence-corrected chi connectivity index (χ4v) is 2.06. The quantitative estimate of drug-likeness (QED) is 0.480. The maximum atomic E-state index is 11.1. The summed E-state index contributed by atoms with van der Waals surface area (Å²) in [6.45, 7) is 0.443. The number of aromatic nitrogens is 2. The summed E-state index contributed by atoms with van der Waals surface area (Å²) in [7, 11) is 3.29. The van der Waals surface area contributed by atoms with E-state index < -0.39 is 4.92 Å². The van der Waals surface area contributed by atoms with Crippen LogP contribution in [0.15, 0.2) is 30.6 Å². The SMILES string of the molecule is COc1ccc(CN(C)c2ncnc(Cl)c2[N+](=O)[O-])cc1. The predicted octanol–water partition coefficient (Wildman–Crippen LogP) is 2.68. The van der Waals surface area contributed by atoms with Crippen molar-refractivity contribution in [1.29, 1.82) is 0 Å². The molecule has 2 aromatic rings. The minimum atomic E-state index is -0.581. The molecule has 21 heavy (non-hydrogen) atoms. The number of methoxy groups -OCH3 is 1. The number of anilines is 1. The van der Waals surface area contributed by atoms with Crippen LogP contribution in [0.1, 0.15) is 5.56 Å². The monoisotopic (exact) mass is 308 g/mol. The predicted molar refractivity (Wildman–Crippen MR) is 78.8 cm³/mol. The van der Waals surface area contributed by atoms with E-state index in [1.807, 2.05) is 24.3 Å². The normalized spacial score (nSPS) is 10.2. The molecule has 1 aromatic carbocycles. The minimum absolute atomic E-state index is 0.174. The Labute approximate surface area is 126 Å². The highest BCUT2D eigenvalue weighted by Gasteiger charge is 2.24. The summed E-state index contributed by atoms with van der Waals surface area (Å²) in [5, 5.41) is 10.9. The van der Waals surface area contributed by atoms with Crippen LogP contribution in [-0.4, -0.2) is 29.0 Å². The molecule has 0 aliphatic heterocycles. The van der Waals surface area contributed by atoms with Gasteiger partial charge in [0.25, 0.3) is 0 Å². The highest BCUT2D eigenvalue weighted by atomic mass is 35.5. The first-order chi connectivity index (χ1) is 10.0. The number of hydrogen-bond acceptors (Lipinski definition) is 6. The second-order valence-electron chi connectivity index (χ2n) is 4.30. The number of nitrogens with zero attached hydrogens (tertiary/aromatic N) is 4. The zero-order valence-electron chi connectivity index (χ0n) is 11.5. The molecule has 0 saturated heterocycles. The van der Waals surface area contributed by atoms with E-state index in [0.717, 1.165) is 11.3 Å². The van der Waals surface area contributed by atoms with Crippen molar-refractivity contribution in [3.05, 3.63) is 51.4 Å². The van der Waals surface area contributed by atoms with Crippen molar-refractivity contribution < 1.29 is 9.66 Å². The van der Waals surface area contributed by atoms with Crippen molar-refractivity contribution in [2.45, 2.75) is 6.54 Å². The molecule has 0 bridgehead atoms. The van der Waals surface area contributed by atoms with Gasteiger partial charge in [-0.3, -0.25) is 10.1 Å². The van der Waals surface area contributed by atoms with Gasteiger partial charge in [-0.25, -0.2) is 9.97 Å². The average molecular weight is 309 g/mol. The second-order valence-corrected chi connectivity index (χ2v) is 4.66. The van der Waals surface area contributed by atoms with Gasteiger partial charge < -0.3 is 9.64 Å². The smallest absolute Gasteiger partial charge is 0.348 e. The molecule has 1 aromatic heterocycles. The van der Waals surface area contributed by atoms with E-state index in [2.05, 4.69) is 9.97 Å². The summed E-state index contributed by atoms with van der Waals surface area (Å²) in [5.74, 6) is 0.924. The Morgan fingerprint density at radius 1 is 1.33 bits per heavy atom. The number of nitro groups is 1. The van der Waals surface area contributed by atoms with E-state index in [1.54, 1.807) is 19.1 Å². The second kappa shape index (κ2) is 6.36. The lowest BCUT2D eigenvalue weighted by molar-refractivity contribution is -0.384. The summed E-state index contributed by atoms with van der Waals surface area (Å²) >= 11 is 5.78. The molecule has 0 atom stereocenters. The molecule has 0 unspecified atom stereocenters. The summed E-state index contributed by atoms with van der Waals surface area (Å²) in [4.78, 5) is 19.7. The van der Waals surface area contributed by atoms with E-state index in [9.17, 15) is 10.1 Å². The molecule has 0 N–H and O–H groups in total. The first-order valence-electron chi connectivity index (χ1n) is 6.02. The Kier molecular flexibility index (Phi) is 4.54. The van der Waals surface area contributed by atoms with Gasteiger partial charge in [0.05, 0.1) is 12.0 Å². The largest absolute Gasteiger partial charge is 0.497 e. The highest BCUT2D eigenvalue weighted by molar-refractivity contribution is 6.31. The van der Waals surface area contributed by atoms with Gasteiger partial charge >= 0.3 is 5.69 Å². The molecular formula is C13H13ClN4O3. The third kappa shape index (κ3) is 3.38. The molecule has 0 saturated carbocycles. The molecule has 0 spiro atoms. The number of hydrogen-bond donors (Lipinski definition) is 0. The van der Waals surface area contributed by atoms with E-state index in [1.165, 1.54) is 6.33 Å². The Bertz CT molecular complexity index is 648. The van der Waals surface area contributed by atoms with Crippen molar-refractivity contribution in [1.82, 2.24) is 9.97 Å². The van der Waals surface area contributed by atoms with Crippen LogP contribution in [0.4, 0.5) is 11.5 Å². The van der Waals surface area contributed by atoms with Crippen LogP contribution in [0.5, 0.6) is 5.75 Å². The number of ether oxygens (including phenoxy) is 1. The molecule has 0 amide bonds. The van der Waals surface area contributed by atoms with Crippen LogP contribution in [-0.2, 0) is 6.54 Å². The Morgan fingerprint density at radius 3 is 2.57 bits per heavy atom. The Hall–Kier alpha value is -2.41. The van der Waals surface area contributed by atoms with Gasteiger partial charge in [-0.05, 0) is 17.7 Å². The molecule has 0 radical (unpaired) electrons. The van der Waals surface area contributed by atoms with Gasteiger partial charge in [-0.1, -0.05) is 23.7 Å². The van der Waals surface area contributed by atoms with Crippen molar-refractivity contribution >= 4 is 23.1 Å². The lowest BCUT2D eigenvalue weighted by atomic mass is 10.2. The van der Waals surface area contributed by atoms with E-state index >= 15 is 0 Å². The fraction of sp³-hybridized carbons (Fsp3) is 0.231. The first kappa shape index (κ1) is 15.0. The van der Waals surface area contributed by atoms with E-state index in [4.69, 9.17) is 16.3 Å². The van der Waals surface area contributed by atoms with Crippen molar-refractivity contribution in [2.24, 2.45) is 0 Å². The number of halogens is 1. The van der Waals surface area contributed by atoms with Gasteiger partial charge in [0.1, 0.15) is 12.1 Å². The third-order valence-electron chi connectivity index (χ3n) is 2.88. The maximum Gasteiger partial charge on any atom is 0.348 e. The van der Waals surface area contributed by atoms with Crippen molar-refractivity contribution in [3.63, 3.8) is 0 Å². The lowest BCUT2D eigenvalue weighted by Crippen LogP contribution is -2.19. The van der Waals surface area contributed by atoms with Crippen LogP contribution in [0.25, 0.3) is 0 Å². The van der Waals surface area contributed by atoms with Gasteiger partial charge in [0, 0.05) is 13.6 Å². The van der Waals surface area contributed by atoms with E-state index in [-0.39, 0.29) is 16.7 Å². The number of rotatable bonds is 5. The Morgan fingerprint density at radius 2 is 2.00 bits per heavy atom. The summed E-state index contributed by atoms with van der Waals surface area (Å²) in [6, 6.07) is 7.41. The highest BCUT2D eigenvalue weighted by Crippen LogP contribution is 2.31. The number of benzene rings is 1. The molecule has 7 nitrogen and oxygen atoms in total. The molecular weight excluding hydrogens is 296 g/mol. The van der Waals surface area contributed by atoms with Crippen LogP contribution >= 0.6 is 11.6 Å². The summed E-state index contributed by atoms with van der Waals surface area (Å²) in [6.07, 6.45) is 1.20. The van der Waals surface area contributed by atoms with Gasteiger partial charge in [-0.15, -0.1) is 0 Å². The van der Waals surface area contributed by atoms with Gasteiger partial charge in [-0.2, -0.15) is 0 Å². The van der Waals surface area contributed by atoms with Crippen LogP contribution in [0.3, 0.4) is 0 Å². The van der Waals surface area contributed by atoms with Crippen molar-refractivity contribution in [2.75, 3.05) is 19.1 Å². The molecule has 1 heterocycles. The van der Waals surface area contributed by atoms with Gasteiger partial charge in [0.15, 0.2) is 0 Å². The summed E-state index contributed by atoms with van der Waals surface area (Å²) < 4.78 is 5.08. The maximum absolute atomic E-state index is 11.1. The van der Waals surface area contributed by atoms with Gasteiger partial charge in [0.2, 0.25) is 11.0 Å². The topological polar surface area (TPSA) is 81.4 Å². The fourth-order valence-electron chi connectivity index (χ4n) is 1.86. The molecule has 0 aliphatic carbocycles. The molecule has 8 heteroatoms. The zero-order valence-corrected chi connectivity index (χ0v) is 12.2. The average Bonchev–Trinajstić information content (AvgIpc) is 2.47. The van der Waals surface area contributed by atoms with Crippen molar-refractivity contribution in [3.8, 4) is 5.75 Å². The first-order valence-corrected chi connectivity index (χ1v) is 6.39. The van der Waals surface area contributed by atoms with E-state index in [0.29, 0.717) is 6.54 Å².